The first kappa shape index (κ1) is 16.9. The third kappa shape index (κ3) is 3.60. The van der Waals surface area contributed by atoms with Crippen molar-refractivity contribution in [3.63, 3.8) is 0 Å². The molecular formula is C18H21BrN4O. The number of nitrogens with zero attached hydrogens (tertiary/aromatic N) is 3. The monoisotopic (exact) mass is 388 g/mol. The lowest BCUT2D eigenvalue weighted by Gasteiger charge is -2.38. The number of carbonyl (C=O) groups is 1. The van der Waals surface area contributed by atoms with E-state index in [-0.39, 0.29) is 11.9 Å². The van der Waals surface area contributed by atoms with Gasteiger partial charge in [0.25, 0.3) is 0 Å². The maximum Gasteiger partial charge on any atom is 0.239 e. The predicted octanol–water partition coefficient (Wildman–Crippen LogP) is 2.50. The van der Waals surface area contributed by atoms with Crippen molar-refractivity contribution in [2.45, 2.75) is 13.0 Å². The average Bonchev–Trinajstić information content (AvgIpc) is 2.59. The number of pyridine rings is 1. The maximum absolute atomic E-state index is 12.0. The van der Waals surface area contributed by atoms with Gasteiger partial charge in [-0.2, -0.15) is 0 Å². The summed E-state index contributed by atoms with van der Waals surface area (Å²) in [7, 11) is 0. The molecule has 0 aliphatic carbocycles. The number of hydrogen-bond donors (Lipinski definition) is 1. The molecule has 1 aromatic heterocycles. The second kappa shape index (κ2) is 7.32. The second-order valence-electron chi connectivity index (χ2n) is 6.03. The number of benzene rings is 1. The molecular weight excluding hydrogens is 368 g/mol. The third-order valence-corrected chi connectivity index (χ3v) is 5.25. The Balaban J connectivity index is 1.71. The summed E-state index contributed by atoms with van der Waals surface area (Å²) in [5.41, 5.74) is 7.79. The van der Waals surface area contributed by atoms with Crippen LogP contribution >= 0.6 is 15.9 Å². The Morgan fingerprint density at radius 3 is 2.46 bits per heavy atom. The van der Waals surface area contributed by atoms with Crippen LogP contribution in [0.2, 0.25) is 0 Å². The molecule has 2 heterocycles. The van der Waals surface area contributed by atoms with Gasteiger partial charge in [-0.15, -0.1) is 0 Å². The van der Waals surface area contributed by atoms with Gasteiger partial charge in [0.15, 0.2) is 0 Å². The lowest BCUT2D eigenvalue weighted by Crippen LogP contribution is -2.50. The van der Waals surface area contributed by atoms with Crippen LogP contribution in [0.3, 0.4) is 0 Å². The van der Waals surface area contributed by atoms with E-state index in [1.54, 1.807) is 0 Å². The summed E-state index contributed by atoms with van der Waals surface area (Å²) in [6, 6.07) is 11.5. The molecule has 0 bridgehead atoms. The number of rotatable bonds is 4. The first-order chi connectivity index (χ1) is 11.6. The van der Waals surface area contributed by atoms with Crippen LogP contribution in [0.1, 0.15) is 17.2 Å². The van der Waals surface area contributed by atoms with Crippen LogP contribution in [0.5, 0.6) is 0 Å². The molecule has 0 spiro atoms. The van der Waals surface area contributed by atoms with E-state index in [1.165, 1.54) is 5.56 Å². The summed E-state index contributed by atoms with van der Waals surface area (Å²) in [4.78, 5) is 20.9. The van der Waals surface area contributed by atoms with Gasteiger partial charge in [0.2, 0.25) is 5.91 Å². The lowest BCUT2D eigenvalue weighted by atomic mass is 10.0. The molecule has 1 atom stereocenters. The molecule has 6 heteroatoms. The number of aromatic nitrogens is 1. The van der Waals surface area contributed by atoms with Crippen molar-refractivity contribution in [1.82, 2.24) is 9.88 Å². The van der Waals surface area contributed by atoms with Gasteiger partial charge in [-0.3, -0.25) is 9.69 Å². The summed E-state index contributed by atoms with van der Waals surface area (Å²) in [5.74, 6) is 0.679. The van der Waals surface area contributed by atoms with Crippen LogP contribution in [-0.4, -0.2) is 42.0 Å². The van der Waals surface area contributed by atoms with Crippen molar-refractivity contribution in [3.8, 4) is 0 Å². The molecule has 0 saturated carbocycles. The first-order valence-electron chi connectivity index (χ1n) is 8.01. The lowest BCUT2D eigenvalue weighted by molar-refractivity contribution is -0.123. The number of hydrogen-bond acceptors (Lipinski definition) is 4. The zero-order valence-corrected chi connectivity index (χ0v) is 15.2. The van der Waals surface area contributed by atoms with E-state index < -0.39 is 0 Å². The molecule has 1 amide bonds. The van der Waals surface area contributed by atoms with Crippen LogP contribution in [0.25, 0.3) is 0 Å². The summed E-state index contributed by atoms with van der Waals surface area (Å²) >= 11 is 3.48. The number of carbonyl (C=O) groups excluding carboxylic acids is 1. The number of nitrogens with two attached hydrogens (primary N) is 1. The Kier molecular flexibility index (Phi) is 5.16. The van der Waals surface area contributed by atoms with Crippen molar-refractivity contribution in [1.29, 1.82) is 0 Å². The molecule has 1 aliphatic heterocycles. The fraction of sp³-hybridized carbons (Fsp3) is 0.333. The highest BCUT2D eigenvalue weighted by Crippen LogP contribution is 2.25. The van der Waals surface area contributed by atoms with Crippen LogP contribution in [-0.2, 0) is 4.79 Å². The molecule has 1 unspecified atom stereocenters. The number of aryl methyl sites for hydroxylation is 1. The molecule has 1 fully saturated rings. The molecule has 3 rings (SSSR count). The van der Waals surface area contributed by atoms with Crippen molar-refractivity contribution in [3.05, 3.63) is 58.2 Å². The van der Waals surface area contributed by atoms with Crippen LogP contribution in [0.15, 0.2) is 47.1 Å². The van der Waals surface area contributed by atoms with E-state index in [9.17, 15) is 4.79 Å². The van der Waals surface area contributed by atoms with E-state index in [1.807, 2.05) is 36.5 Å². The highest BCUT2D eigenvalue weighted by atomic mass is 79.9. The topological polar surface area (TPSA) is 62.5 Å². The smallest absolute Gasteiger partial charge is 0.239 e. The highest BCUT2D eigenvalue weighted by Gasteiger charge is 2.29. The standard InChI is InChI=1S/C18H21BrN4O/c1-13-11-16(21-12-15(13)19)22-7-9-23(10-8-22)17(18(20)24)14-5-3-2-4-6-14/h2-6,11-12,17H,7-10H2,1H3,(H2,20,24). The van der Waals surface area contributed by atoms with Crippen LogP contribution in [0.4, 0.5) is 5.82 Å². The Morgan fingerprint density at radius 1 is 1.21 bits per heavy atom. The van der Waals surface area contributed by atoms with Crippen molar-refractivity contribution >= 4 is 27.7 Å². The van der Waals surface area contributed by atoms with Crippen LogP contribution < -0.4 is 10.6 Å². The normalized spacial score (nSPS) is 16.8. The largest absolute Gasteiger partial charge is 0.368 e. The Bertz CT molecular complexity index is 714. The number of anilines is 1. The fourth-order valence-electron chi connectivity index (χ4n) is 3.10. The predicted molar refractivity (Wildman–Crippen MR) is 98.8 cm³/mol. The number of primary amides is 1. The van der Waals surface area contributed by atoms with Gasteiger partial charge < -0.3 is 10.6 Å². The van der Waals surface area contributed by atoms with Gasteiger partial charge in [-0.1, -0.05) is 30.3 Å². The summed E-state index contributed by atoms with van der Waals surface area (Å²) in [5, 5.41) is 0. The van der Waals surface area contributed by atoms with Crippen molar-refractivity contribution < 1.29 is 4.79 Å². The van der Waals surface area contributed by atoms with E-state index >= 15 is 0 Å². The fourth-order valence-corrected chi connectivity index (χ4v) is 3.31. The SMILES string of the molecule is Cc1cc(N2CCN(C(C(N)=O)c3ccccc3)CC2)ncc1Br. The zero-order chi connectivity index (χ0) is 17.1. The minimum atomic E-state index is -0.368. The minimum absolute atomic E-state index is 0.299. The van der Waals surface area contributed by atoms with Gasteiger partial charge in [-0.05, 0) is 40.0 Å². The summed E-state index contributed by atoms with van der Waals surface area (Å²) in [6.07, 6.45) is 1.84. The van der Waals surface area contributed by atoms with Gasteiger partial charge in [0, 0.05) is 36.8 Å². The highest BCUT2D eigenvalue weighted by molar-refractivity contribution is 9.10. The molecule has 2 aromatic rings. The van der Waals surface area contributed by atoms with Crippen molar-refractivity contribution in [2.24, 2.45) is 5.73 Å². The van der Waals surface area contributed by atoms with E-state index in [0.717, 1.165) is 42.0 Å². The maximum atomic E-state index is 12.0. The molecule has 1 saturated heterocycles. The van der Waals surface area contributed by atoms with E-state index in [4.69, 9.17) is 5.73 Å². The Labute approximate surface area is 150 Å². The van der Waals surface area contributed by atoms with Crippen LogP contribution in [0, 0.1) is 6.92 Å². The average molecular weight is 389 g/mol. The summed E-state index contributed by atoms with van der Waals surface area (Å²) in [6.45, 7) is 5.26. The third-order valence-electron chi connectivity index (χ3n) is 4.42. The number of piperazine rings is 1. The number of halogens is 1. The Morgan fingerprint density at radius 2 is 1.88 bits per heavy atom. The van der Waals surface area contributed by atoms with Gasteiger partial charge in [0.05, 0.1) is 0 Å². The molecule has 1 aromatic carbocycles. The minimum Gasteiger partial charge on any atom is -0.368 e. The second-order valence-corrected chi connectivity index (χ2v) is 6.88. The summed E-state index contributed by atoms with van der Waals surface area (Å²) < 4.78 is 1.02. The van der Waals surface area contributed by atoms with E-state index in [0.29, 0.717) is 0 Å². The zero-order valence-electron chi connectivity index (χ0n) is 13.7. The molecule has 0 radical (unpaired) electrons. The first-order valence-corrected chi connectivity index (χ1v) is 8.81. The quantitative estimate of drug-likeness (QED) is 0.873. The molecule has 2 N–H and O–H groups in total. The molecule has 5 nitrogen and oxygen atoms in total. The Hall–Kier alpha value is -1.92. The van der Waals surface area contributed by atoms with Gasteiger partial charge in [0.1, 0.15) is 11.9 Å². The molecule has 126 valence electrons. The van der Waals surface area contributed by atoms with Crippen molar-refractivity contribution in [2.75, 3.05) is 31.1 Å². The van der Waals surface area contributed by atoms with Gasteiger partial charge >= 0.3 is 0 Å². The number of amides is 1. The molecule has 24 heavy (non-hydrogen) atoms. The van der Waals surface area contributed by atoms with E-state index in [2.05, 4.69) is 43.7 Å². The molecule has 1 aliphatic rings. The van der Waals surface area contributed by atoms with Gasteiger partial charge in [-0.25, -0.2) is 4.98 Å².